The summed E-state index contributed by atoms with van der Waals surface area (Å²) >= 11 is 0. The third-order valence-electron chi connectivity index (χ3n) is 3.36. The Hall–Kier alpha value is -0.610. The number of rotatable bonds is 5. The highest BCUT2D eigenvalue weighted by atomic mass is 16.1. The molecule has 1 rings (SSSR count). The molecule has 0 aromatic carbocycles. The van der Waals surface area contributed by atoms with Gasteiger partial charge in [-0.05, 0) is 26.9 Å². The third-order valence-corrected chi connectivity index (χ3v) is 3.36. The monoisotopic (exact) mass is 213 g/mol. The summed E-state index contributed by atoms with van der Waals surface area (Å²) in [5.41, 5.74) is 5.30. The second-order valence-electron chi connectivity index (χ2n) is 4.48. The van der Waals surface area contributed by atoms with Gasteiger partial charge in [0.1, 0.15) is 0 Å². The maximum atomic E-state index is 11.1. The molecule has 1 aliphatic rings. The first-order valence-electron chi connectivity index (χ1n) is 5.82. The lowest BCUT2D eigenvalue weighted by atomic mass is 9.94. The van der Waals surface area contributed by atoms with Gasteiger partial charge in [-0.15, -0.1) is 0 Å². The number of amides is 1. The minimum Gasteiger partial charge on any atom is -0.368 e. The number of nitrogens with two attached hydrogens (primary N) is 1. The highest BCUT2D eigenvalue weighted by Gasteiger charge is 2.22. The standard InChI is InChI=1S/C11H23N3O/c1-13-10(11(12)15)8-14(2)9-6-4-3-5-7-9/h9-10,13H,3-8H2,1-2H3,(H2,12,15). The highest BCUT2D eigenvalue weighted by molar-refractivity contribution is 5.80. The van der Waals surface area contributed by atoms with Crippen LogP contribution in [-0.2, 0) is 4.79 Å². The molecule has 0 bridgehead atoms. The molecule has 1 amide bonds. The zero-order chi connectivity index (χ0) is 11.3. The van der Waals surface area contributed by atoms with E-state index in [-0.39, 0.29) is 11.9 Å². The van der Waals surface area contributed by atoms with E-state index in [1.807, 2.05) is 0 Å². The number of primary amides is 1. The smallest absolute Gasteiger partial charge is 0.235 e. The number of hydrogen-bond donors (Lipinski definition) is 2. The Morgan fingerprint density at radius 1 is 1.47 bits per heavy atom. The molecule has 0 aromatic rings. The number of hydrogen-bond acceptors (Lipinski definition) is 3. The van der Waals surface area contributed by atoms with Gasteiger partial charge in [-0.3, -0.25) is 4.79 Å². The maximum Gasteiger partial charge on any atom is 0.235 e. The fraction of sp³-hybridized carbons (Fsp3) is 0.909. The van der Waals surface area contributed by atoms with E-state index in [4.69, 9.17) is 5.73 Å². The molecule has 0 spiro atoms. The topological polar surface area (TPSA) is 58.4 Å². The Morgan fingerprint density at radius 2 is 2.07 bits per heavy atom. The normalized spacial score (nSPS) is 20.5. The van der Waals surface area contributed by atoms with Gasteiger partial charge in [0.25, 0.3) is 0 Å². The van der Waals surface area contributed by atoms with Crippen molar-refractivity contribution in [1.82, 2.24) is 10.2 Å². The summed E-state index contributed by atoms with van der Waals surface area (Å²) in [6.45, 7) is 0.719. The van der Waals surface area contributed by atoms with Crippen molar-refractivity contribution in [2.24, 2.45) is 5.73 Å². The van der Waals surface area contributed by atoms with Crippen LogP contribution >= 0.6 is 0 Å². The van der Waals surface area contributed by atoms with E-state index in [2.05, 4.69) is 17.3 Å². The molecule has 1 fully saturated rings. The Balaban J connectivity index is 2.38. The summed E-state index contributed by atoms with van der Waals surface area (Å²) in [7, 11) is 3.87. The number of nitrogens with zero attached hydrogens (tertiary/aromatic N) is 1. The van der Waals surface area contributed by atoms with Crippen molar-refractivity contribution in [3.63, 3.8) is 0 Å². The van der Waals surface area contributed by atoms with E-state index in [0.29, 0.717) is 6.04 Å². The largest absolute Gasteiger partial charge is 0.368 e. The van der Waals surface area contributed by atoms with E-state index in [0.717, 1.165) is 6.54 Å². The van der Waals surface area contributed by atoms with Gasteiger partial charge in [0.2, 0.25) is 5.91 Å². The van der Waals surface area contributed by atoms with E-state index >= 15 is 0 Å². The molecule has 3 N–H and O–H groups in total. The molecule has 0 heterocycles. The van der Waals surface area contributed by atoms with Crippen molar-refractivity contribution in [2.45, 2.75) is 44.2 Å². The molecule has 1 atom stereocenters. The molecule has 0 saturated heterocycles. The Morgan fingerprint density at radius 3 is 2.53 bits per heavy atom. The molecule has 1 unspecified atom stereocenters. The van der Waals surface area contributed by atoms with Crippen molar-refractivity contribution < 1.29 is 4.79 Å². The molecule has 0 radical (unpaired) electrons. The van der Waals surface area contributed by atoms with Gasteiger partial charge >= 0.3 is 0 Å². The molecule has 1 aliphatic carbocycles. The van der Waals surface area contributed by atoms with Crippen LogP contribution in [0.2, 0.25) is 0 Å². The van der Waals surface area contributed by atoms with Gasteiger partial charge in [0, 0.05) is 12.6 Å². The van der Waals surface area contributed by atoms with E-state index in [1.165, 1.54) is 32.1 Å². The van der Waals surface area contributed by atoms with Crippen molar-refractivity contribution in [2.75, 3.05) is 20.6 Å². The van der Waals surface area contributed by atoms with Crippen molar-refractivity contribution in [3.05, 3.63) is 0 Å². The molecular formula is C11H23N3O. The minimum absolute atomic E-state index is 0.225. The van der Waals surface area contributed by atoms with E-state index in [1.54, 1.807) is 7.05 Å². The average Bonchev–Trinajstić information content (AvgIpc) is 2.26. The van der Waals surface area contributed by atoms with Gasteiger partial charge in [0.15, 0.2) is 0 Å². The summed E-state index contributed by atoms with van der Waals surface area (Å²) in [5.74, 6) is -0.264. The van der Waals surface area contributed by atoms with Crippen LogP contribution in [0.5, 0.6) is 0 Å². The summed E-state index contributed by atoms with van der Waals surface area (Å²) in [6.07, 6.45) is 6.50. The van der Waals surface area contributed by atoms with Gasteiger partial charge in [0.05, 0.1) is 6.04 Å². The second-order valence-corrected chi connectivity index (χ2v) is 4.48. The van der Waals surface area contributed by atoms with Crippen LogP contribution in [0.25, 0.3) is 0 Å². The molecule has 0 aromatic heterocycles. The lowest BCUT2D eigenvalue weighted by Crippen LogP contribution is -2.49. The summed E-state index contributed by atoms with van der Waals surface area (Å²) in [4.78, 5) is 13.4. The predicted molar refractivity (Wildman–Crippen MR) is 61.5 cm³/mol. The fourth-order valence-electron chi connectivity index (χ4n) is 2.28. The number of nitrogens with one attached hydrogen (secondary N) is 1. The minimum atomic E-state index is -0.264. The van der Waals surface area contributed by atoms with Gasteiger partial charge in [-0.2, -0.15) is 0 Å². The Bertz CT molecular complexity index is 202. The van der Waals surface area contributed by atoms with Crippen molar-refractivity contribution in [3.8, 4) is 0 Å². The lowest BCUT2D eigenvalue weighted by molar-refractivity contribution is -0.120. The zero-order valence-electron chi connectivity index (χ0n) is 9.83. The van der Waals surface area contributed by atoms with Crippen molar-refractivity contribution >= 4 is 5.91 Å². The Kier molecular flexibility index (Phi) is 5.05. The molecule has 15 heavy (non-hydrogen) atoms. The van der Waals surface area contributed by atoms with Gasteiger partial charge in [-0.1, -0.05) is 19.3 Å². The van der Waals surface area contributed by atoms with Crippen LogP contribution in [0.3, 0.4) is 0 Å². The van der Waals surface area contributed by atoms with E-state index in [9.17, 15) is 4.79 Å². The van der Waals surface area contributed by atoms with Crippen LogP contribution in [0.1, 0.15) is 32.1 Å². The summed E-state index contributed by atoms with van der Waals surface area (Å²) in [5, 5.41) is 2.96. The van der Waals surface area contributed by atoms with Gasteiger partial charge in [-0.25, -0.2) is 0 Å². The third kappa shape index (κ3) is 3.80. The first-order valence-corrected chi connectivity index (χ1v) is 5.82. The van der Waals surface area contributed by atoms with Crippen molar-refractivity contribution in [1.29, 1.82) is 0 Å². The van der Waals surface area contributed by atoms with Crippen LogP contribution in [-0.4, -0.2) is 43.5 Å². The summed E-state index contributed by atoms with van der Waals surface area (Å²) in [6, 6.07) is 0.408. The molecule has 0 aliphatic heterocycles. The number of likely N-dealkylation sites (N-methyl/N-ethyl adjacent to an activating group) is 2. The van der Waals surface area contributed by atoms with Crippen LogP contribution in [0.4, 0.5) is 0 Å². The first-order chi connectivity index (χ1) is 7.15. The summed E-state index contributed by atoms with van der Waals surface area (Å²) < 4.78 is 0. The number of carbonyl (C=O) groups excluding carboxylic acids is 1. The first kappa shape index (κ1) is 12.5. The molecule has 88 valence electrons. The maximum absolute atomic E-state index is 11.1. The highest BCUT2D eigenvalue weighted by Crippen LogP contribution is 2.21. The molecular weight excluding hydrogens is 190 g/mol. The Labute approximate surface area is 92.2 Å². The second kappa shape index (κ2) is 6.08. The molecule has 4 nitrogen and oxygen atoms in total. The van der Waals surface area contributed by atoms with E-state index < -0.39 is 0 Å². The predicted octanol–water partition coefficient (Wildman–Crippen LogP) is 0.324. The number of carbonyl (C=O) groups is 1. The quantitative estimate of drug-likeness (QED) is 0.691. The van der Waals surface area contributed by atoms with Crippen LogP contribution in [0.15, 0.2) is 0 Å². The SMILES string of the molecule is CNC(CN(C)C1CCCCC1)C(N)=O. The molecule has 4 heteroatoms. The van der Waals surface area contributed by atoms with Gasteiger partial charge < -0.3 is 16.0 Å². The lowest BCUT2D eigenvalue weighted by Gasteiger charge is -2.32. The van der Waals surface area contributed by atoms with Crippen LogP contribution < -0.4 is 11.1 Å². The fourth-order valence-corrected chi connectivity index (χ4v) is 2.28. The average molecular weight is 213 g/mol. The zero-order valence-corrected chi connectivity index (χ0v) is 9.83. The van der Waals surface area contributed by atoms with Crippen LogP contribution in [0, 0.1) is 0 Å². The molecule has 1 saturated carbocycles.